The largest absolute Gasteiger partial charge is 0.472 e. The van der Waals surface area contributed by atoms with Gasteiger partial charge in [0.25, 0.3) is 0 Å². The Kier molecular flexibility index (Phi) is 61.0. The molecule has 0 amide bonds. The van der Waals surface area contributed by atoms with Crippen LogP contribution in [-0.2, 0) is 55.8 Å². The Morgan fingerprint density at radius 2 is 0.609 bits per heavy atom. The molecule has 0 fully saturated rings. The number of rotatable bonds is 65. The highest BCUT2D eigenvalue weighted by molar-refractivity contribution is 7.47. The summed E-state index contributed by atoms with van der Waals surface area (Å²) in [5.41, 5.74) is 0. The fourth-order valence-electron chi connectivity index (χ4n) is 9.18. The van der Waals surface area contributed by atoms with Gasteiger partial charge in [0, 0.05) is 19.3 Å². The molecule has 0 rings (SSSR count). The summed E-state index contributed by atoms with van der Waals surface area (Å²) >= 11 is 0. The molecule has 0 heterocycles. The number of phosphoric ester groups is 2. The van der Waals surface area contributed by atoms with Gasteiger partial charge in [0.15, 0.2) is 6.10 Å². The molecular formula is C69H124O16P2. The number of allylic oxidation sites excluding steroid dienone is 12. The first-order valence-corrected chi connectivity index (χ1v) is 37.2. The van der Waals surface area contributed by atoms with Gasteiger partial charge < -0.3 is 34.2 Å². The van der Waals surface area contributed by atoms with E-state index in [4.69, 9.17) is 32.3 Å². The van der Waals surface area contributed by atoms with E-state index in [1.807, 2.05) is 0 Å². The first kappa shape index (κ1) is 84.0. The second-order valence-corrected chi connectivity index (χ2v) is 25.9. The molecule has 0 aliphatic carbocycles. The third kappa shape index (κ3) is 64.3. The molecule has 0 spiro atoms. The fourth-order valence-corrected chi connectivity index (χ4v) is 10.8. The summed E-state index contributed by atoms with van der Waals surface area (Å²) in [7, 11) is -9.77. The van der Waals surface area contributed by atoms with E-state index in [1.165, 1.54) is 89.9 Å². The van der Waals surface area contributed by atoms with Crippen molar-refractivity contribution >= 4 is 33.6 Å². The van der Waals surface area contributed by atoms with E-state index in [0.29, 0.717) is 19.3 Å². The molecule has 16 nitrogen and oxygen atoms in total. The van der Waals surface area contributed by atoms with Crippen molar-refractivity contribution in [1.82, 2.24) is 0 Å². The lowest BCUT2D eigenvalue weighted by molar-refractivity contribution is -0.161. The molecule has 4 N–H and O–H groups in total. The van der Waals surface area contributed by atoms with Crippen molar-refractivity contribution in [3.63, 3.8) is 0 Å². The minimum absolute atomic E-state index is 0.108. The number of carbonyl (C=O) groups excluding carboxylic acids is 3. The van der Waals surface area contributed by atoms with Gasteiger partial charge in [-0.2, -0.15) is 0 Å². The van der Waals surface area contributed by atoms with Crippen LogP contribution in [0.2, 0.25) is 0 Å². The van der Waals surface area contributed by atoms with Gasteiger partial charge >= 0.3 is 33.6 Å². The second kappa shape index (κ2) is 63.2. The van der Waals surface area contributed by atoms with Crippen molar-refractivity contribution in [1.29, 1.82) is 0 Å². The topological polar surface area (TPSA) is 231 Å². The first-order chi connectivity index (χ1) is 42.2. The summed E-state index contributed by atoms with van der Waals surface area (Å²) < 4.78 is 60.8. The fraction of sp³-hybridized carbons (Fsp3) is 0.783. The normalized spacial score (nSPS) is 14.7. The number of hydrogen-bond donors (Lipinski definition) is 4. The zero-order valence-electron chi connectivity index (χ0n) is 54.7. The van der Waals surface area contributed by atoms with Crippen LogP contribution in [0, 0.1) is 0 Å². The van der Waals surface area contributed by atoms with Crippen molar-refractivity contribution < 1.29 is 75.8 Å². The molecule has 0 aromatic rings. The molecular weight excluding hydrogens is 1150 g/mol. The summed E-state index contributed by atoms with van der Waals surface area (Å²) in [4.78, 5) is 58.3. The third-order valence-corrected chi connectivity index (χ3v) is 16.3. The lowest BCUT2D eigenvalue weighted by atomic mass is 10.0. The predicted molar refractivity (Wildman–Crippen MR) is 353 cm³/mol. The van der Waals surface area contributed by atoms with Crippen LogP contribution >= 0.6 is 15.6 Å². The molecule has 5 unspecified atom stereocenters. The molecule has 0 bridgehead atoms. The molecule has 87 heavy (non-hydrogen) atoms. The summed E-state index contributed by atoms with van der Waals surface area (Å²) in [6.45, 7) is 2.55. The number of hydrogen-bond acceptors (Lipinski definition) is 14. The van der Waals surface area contributed by atoms with Gasteiger partial charge in [-0.15, -0.1) is 0 Å². The van der Waals surface area contributed by atoms with Crippen molar-refractivity contribution in [3.05, 3.63) is 72.9 Å². The number of esters is 3. The van der Waals surface area contributed by atoms with Gasteiger partial charge in [-0.3, -0.25) is 32.5 Å². The van der Waals surface area contributed by atoms with Gasteiger partial charge in [-0.1, -0.05) is 254 Å². The van der Waals surface area contributed by atoms with Crippen molar-refractivity contribution in [2.75, 3.05) is 39.6 Å². The number of ether oxygens (including phenoxy) is 3. The average Bonchev–Trinajstić information content (AvgIpc) is 3.63. The van der Waals surface area contributed by atoms with Crippen LogP contribution in [-0.4, -0.2) is 95.9 Å². The Labute approximate surface area is 528 Å². The van der Waals surface area contributed by atoms with E-state index in [9.17, 15) is 43.5 Å². The van der Waals surface area contributed by atoms with Crippen LogP contribution in [0.5, 0.6) is 0 Å². The number of unbranched alkanes of at least 4 members (excludes halogenated alkanes) is 30. The van der Waals surface area contributed by atoms with E-state index in [1.54, 1.807) is 0 Å². The van der Waals surface area contributed by atoms with E-state index >= 15 is 0 Å². The van der Waals surface area contributed by atoms with Crippen molar-refractivity contribution in [2.24, 2.45) is 0 Å². The maximum absolute atomic E-state index is 12.9. The zero-order chi connectivity index (χ0) is 63.8. The van der Waals surface area contributed by atoms with Crippen LogP contribution in [0.25, 0.3) is 0 Å². The SMILES string of the molecule is CC/C=C\C/C=C\C/C=C\C/C=C\C/C=C\CCCCCCCCCC(=O)OCC(O)COP(=O)(O)OCC(O)COP(=O)(O)OCC(COC(=O)CCCCCCC/C=C\CCCCCCCC)OC(=O)CCCCCCCCCCCCCCC. The minimum Gasteiger partial charge on any atom is -0.463 e. The maximum Gasteiger partial charge on any atom is 0.472 e. The van der Waals surface area contributed by atoms with Crippen LogP contribution in [0.15, 0.2) is 72.9 Å². The summed E-state index contributed by atoms with van der Waals surface area (Å²) in [6.07, 6.45) is 65.2. The summed E-state index contributed by atoms with van der Waals surface area (Å²) in [5, 5.41) is 20.5. The van der Waals surface area contributed by atoms with Crippen LogP contribution in [0.1, 0.15) is 290 Å². The summed E-state index contributed by atoms with van der Waals surface area (Å²) in [5.74, 6) is -1.58. The second-order valence-electron chi connectivity index (χ2n) is 23.0. The van der Waals surface area contributed by atoms with Crippen LogP contribution in [0.4, 0.5) is 0 Å². The third-order valence-electron chi connectivity index (χ3n) is 14.4. The Balaban J connectivity index is 4.57. The maximum atomic E-state index is 12.9. The van der Waals surface area contributed by atoms with Gasteiger partial charge in [0.1, 0.15) is 25.4 Å². The van der Waals surface area contributed by atoms with Gasteiger partial charge in [-0.05, 0) is 89.9 Å². The highest BCUT2D eigenvalue weighted by Crippen LogP contribution is 2.45. The number of aliphatic hydroxyl groups is 2. The van der Waals surface area contributed by atoms with Gasteiger partial charge in [0.05, 0.1) is 26.4 Å². The molecule has 0 radical (unpaired) electrons. The highest BCUT2D eigenvalue weighted by Gasteiger charge is 2.29. The van der Waals surface area contributed by atoms with Crippen LogP contribution in [0.3, 0.4) is 0 Å². The molecule has 18 heteroatoms. The smallest absolute Gasteiger partial charge is 0.463 e. The highest BCUT2D eigenvalue weighted by atomic mass is 31.2. The number of phosphoric acid groups is 2. The van der Waals surface area contributed by atoms with Gasteiger partial charge in [-0.25, -0.2) is 9.13 Å². The predicted octanol–water partition coefficient (Wildman–Crippen LogP) is 18.8. The average molecular weight is 1270 g/mol. The lowest BCUT2D eigenvalue weighted by Crippen LogP contribution is -2.30. The zero-order valence-corrected chi connectivity index (χ0v) is 56.5. The molecule has 0 saturated carbocycles. The quantitative estimate of drug-likeness (QED) is 0.0146. The Morgan fingerprint density at radius 3 is 0.977 bits per heavy atom. The molecule has 0 aliphatic heterocycles. The van der Waals surface area contributed by atoms with E-state index in [2.05, 4.69) is 93.7 Å². The summed E-state index contributed by atoms with van der Waals surface area (Å²) in [6, 6.07) is 0. The van der Waals surface area contributed by atoms with Crippen molar-refractivity contribution in [3.8, 4) is 0 Å². The lowest BCUT2D eigenvalue weighted by Gasteiger charge is -2.21. The monoisotopic (exact) mass is 1270 g/mol. The van der Waals surface area contributed by atoms with Crippen molar-refractivity contribution in [2.45, 2.75) is 309 Å². The minimum atomic E-state index is -4.92. The Hall–Kier alpha value is -3.01. The molecule has 0 aliphatic rings. The Bertz CT molecular complexity index is 1880. The first-order valence-electron chi connectivity index (χ1n) is 34.2. The van der Waals surface area contributed by atoms with E-state index in [0.717, 1.165) is 141 Å². The molecule has 0 aromatic carbocycles. The molecule has 0 saturated heterocycles. The van der Waals surface area contributed by atoms with Gasteiger partial charge in [0.2, 0.25) is 0 Å². The molecule has 5 atom stereocenters. The van der Waals surface area contributed by atoms with E-state index in [-0.39, 0.29) is 19.3 Å². The number of aliphatic hydroxyl groups excluding tert-OH is 2. The number of carbonyl (C=O) groups is 3. The molecule has 0 aromatic heterocycles. The van der Waals surface area contributed by atoms with Crippen LogP contribution < -0.4 is 0 Å². The Morgan fingerprint density at radius 1 is 0.333 bits per heavy atom. The molecule has 506 valence electrons. The standard InChI is InChI=1S/C69H124O16P2/c1-4-7-10-13-16-19-22-25-27-28-29-30-31-32-33-34-36-39-40-43-46-49-52-55-67(72)79-58-64(70)59-81-86(75,76)82-60-65(71)61-83-87(77,78)84-63-66(85-69(74)57-54-51-48-45-42-37-24-21-18-15-12-9-6-3)62-80-68(73)56-53-50-47-44-41-38-35-26-23-20-17-14-11-8-5-2/h7,10,16,19,25-27,29-30,32-33,35,64-66,70-71H,4-6,8-9,11-15,17-18,20-24,28,31,34,36-63H2,1-3H3,(H,75,76)(H,77,78)/b10-7-,19-16-,27-25-,30-29-,33-32-,35-26-. The van der Waals surface area contributed by atoms with E-state index < -0.39 is 91.5 Å².